The normalized spacial score (nSPS) is 9.78. The Balaban J connectivity index is 0.000000187. The first-order valence-corrected chi connectivity index (χ1v) is 7.99. The van der Waals surface area contributed by atoms with Crippen LogP contribution in [0.4, 0.5) is 0 Å². The second kappa shape index (κ2) is 9.27. The summed E-state index contributed by atoms with van der Waals surface area (Å²) in [4.78, 5) is 21.3. The first-order valence-electron chi connectivity index (χ1n) is 7.99. The number of carboxylic acid groups (broad SMARTS) is 2. The van der Waals surface area contributed by atoms with Gasteiger partial charge in [0.15, 0.2) is 0 Å². The molecule has 4 aromatic carbocycles. The second-order valence-corrected chi connectivity index (χ2v) is 5.73. The molecule has 4 aromatic rings. The third kappa shape index (κ3) is 5.13. The third-order valence-corrected chi connectivity index (χ3v) is 3.99. The van der Waals surface area contributed by atoms with Gasteiger partial charge in [-0.15, -0.1) is 0 Å². The van der Waals surface area contributed by atoms with Crippen LogP contribution in [-0.4, -0.2) is 22.2 Å². The zero-order valence-corrected chi connectivity index (χ0v) is 18.5. The van der Waals surface area contributed by atoms with E-state index in [1.807, 2.05) is 60.7 Å². The van der Waals surface area contributed by atoms with Crippen LogP contribution < -0.4 is 0 Å². The molecule has 5 heteroatoms. The van der Waals surface area contributed by atoms with E-state index in [-0.39, 0.29) is 27.3 Å². The van der Waals surface area contributed by atoms with Crippen molar-refractivity contribution in [2.45, 2.75) is 0 Å². The van der Waals surface area contributed by atoms with Crippen LogP contribution in [0.15, 0.2) is 84.9 Å². The minimum Gasteiger partial charge on any atom is -0.478 e. The fraction of sp³-hybridized carbons (Fsp3) is 0. The molecule has 4 nitrogen and oxygen atoms in total. The van der Waals surface area contributed by atoms with Crippen LogP contribution in [0.5, 0.6) is 0 Å². The van der Waals surface area contributed by atoms with Gasteiger partial charge in [-0.1, -0.05) is 60.7 Å². The standard InChI is InChI=1S/2C11H8O2.Cd/c2*12-11(13)10-6-5-8-3-1-2-4-9(8)7-10;/h2*1-7H,(H,12,13);. The molecule has 0 aliphatic rings. The summed E-state index contributed by atoms with van der Waals surface area (Å²) >= 11 is 0. The van der Waals surface area contributed by atoms with Gasteiger partial charge in [-0.05, 0) is 45.8 Å². The average Bonchev–Trinajstić information content (AvgIpc) is 2.67. The van der Waals surface area contributed by atoms with Gasteiger partial charge in [0.1, 0.15) is 0 Å². The van der Waals surface area contributed by atoms with Gasteiger partial charge in [-0.3, -0.25) is 0 Å². The van der Waals surface area contributed by atoms with Crippen molar-refractivity contribution in [1.29, 1.82) is 0 Å². The van der Waals surface area contributed by atoms with Crippen LogP contribution in [0.25, 0.3) is 21.5 Å². The molecule has 0 atom stereocenters. The molecule has 0 unspecified atom stereocenters. The maximum atomic E-state index is 10.6. The number of fused-ring (bicyclic) bond motifs is 2. The molecule has 4 rings (SSSR count). The minimum absolute atomic E-state index is 0. The van der Waals surface area contributed by atoms with Crippen molar-refractivity contribution in [1.82, 2.24) is 0 Å². The molecule has 130 valence electrons. The van der Waals surface area contributed by atoms with Gasteiger partial charge < -0.3 is 10.2 Å². The largest absolute Gasteiger partial charge is 0.478 e. The van der Waals surface area contributed by atoms with Crippen LogP contribution in [0.2, 0.25) is 0 Å². The zero-order valence-electron chi connectivity index (χ0n) is 14.5. The second-order valence-electron chi connectivity index (χ2n) is 5.73. The molecule has 0 radical (unpaired) electrons. The van der Waals surface area contributed by atoms with Crippen molar-refractivity contribution >= 4 is 33.5 Å². The van der Waals surface area contributed by atoms with E-state index in [4.69, 9.17) is 10.2 Å². The summed E-state index contributed by atoms with van der Waals surface area (Å²) in [5.41, 5.74) is 0.664. The van der Waals surface area contributed by atoms with E-state index in [2.05, 4.69) is 0 Å². The predicted molar refractivity (Wildman–Crippen MR) is 102 cm³/mol. The van der Waals surface area contributed by atoms with Gasteiger partial charge in [-0.25, -0.2) is 9.59 Å². The maximum absolute atomic E-state index is 10.6. The minimum atomic E-state index is -0.884. The average molecular weight is 457 g/mol. The van der Waals surface area contributed by atoms with E-state index in [0.717, 1.165) is 21.5 Å². The number of hydrogen-bond donors (Lipinski definition) is 2. The Hall–Kier alpha value is -2.74. The third-order valence-electron chi connectivity index (χ3n) is 3.99. The fourth-order valence-corrected chi connectivity index (χ4v) is 2.64. The molecule has 0 bridgehead atoms. The van der Waals surface area contributed by atoms with E-state index >= 15 is 0 Å². The molecule has 27 heavy (non-hydrogen) atoms. The zero-order chi connectivity index (χ0) is 18.5. The summed E-state index contributed by atoms with van der Waals surface area (Å²) in [5.74, 6) is -1.77. The van der Waals surface area contributed by atoms with E-state index < -0.39 is 11.9 Å². The van der Waals surface area contributed by atoms with Gasteiger partial charge in [-0.2, -0.15) is 0 Å². The number of aromatic carboxylic acids is 2. The monoisotopic (exact) mass is 458 g/mol. The Morgan fingerprint density at radius 2 is 0.852 bits per heavy atom. The SMILES string of the molecule is O=C(O)c1ccc2ccccc2c1.O=C(O)c1ccc2ccccc2c1.[Cd]. The molecule has 0 amide bonds. The molecule has 0 saturated carbocycles. The van der Waals surface area contributed by atoms with E-state index in [0.29, 0.717) is 11.1 Å². The Labute approximate surface area is 176 Å². The van der Waals surface area contributed by atoms with Crippen molar-refractivity contribution in [3.8, 4) is 0 Å². The van der Waals surface area contributed by atoms with Crippen molar-refractivity contribution < 1.29 is 47.1 Å². The first kappa shape index (κ1) is 20.6. The van der Waals surface area contributed by atoms with Gasteiger partial charge in [0.05, 0.1) is 11.1 Å². The predicted octanol–water partition coefficient (Wildman–Crippen LogP) is 5.07. The molecular formula is C22H16CdO4. The Morgan fingerprint density at radius 1 is 0.519 bits per heavy atom. The summed E-state index contributed by atoms with van der Waals surface area (Å²) in [6.07, 6.45) is 0. The van der Waals surface area contributed by atoms with Gasteiger partial charge in [0, 0.05) is 27.3 Å². The fourth-order valence-electron chi connectivity index (χ4n) is 2.64. The Morgan fingerprint density at radius 3 is 1.19 bits per heavy atom. The smallest absolute Gasteiger partial charge is 0.335 e. The molecule has 0 saturated heterocycles. The Kier molecular flexibility index (Phi) is 7.06. The summed E-state index contributed by atoms with van der Waals surface area (Å²) in [7, 11) is 0. The van der Waals surface area contributed by atoms with E-state index in [9.17, 15) is 9.59 Å². The van der Waals surface area contributed by atoms with Crippen molar-refractivity contribution in [3.63, 3.8) is 0 Å². The summed E-state index contributed by atoms with van der Waals surface area (Å²) in [5, 5.41) is 21.5. The van der Waals surface area contributed by atoms with Crippen molar-refractivity contribution in [3.05, 3.63) is 96.1 Å². The molecule has 0 aliphatic heterocycles. The topological polar surface area (TPSA) is 74.6 Å². The van der Waals surface area contributed by atoms with E-state index in [1.165, 1.54) is 0 Å². The number of rotatable bonds is 2. The molecule has 0 aliphatic carbocycles. The maximum Gasteiger partial charge on any atom is 0.335 e. The quantitative estimate of drug-likeness (QED) is 0.413. The summed E-state index contributed by atoms with van der Waals surface area (Å²) in [6, 6.07) is 25.6. The van der Waals surface area contributed by atoms with Crippen LogP contribution >= 0.6 is 0 Å². The Bertz CT molecular complexity index is 1020. The van der Waals surface area contributed by atoms with Gasteiger partial charge in [0.25, 0.3) is 0 Å². The molecule has 0 heterocycles. The number of carbonyl (C=O) groups is 2. The van der Waals surface area contributed by atoms with Gasteiger partial charge in [0.2, 0.25) is 0 Å². The van der Waals surface area contributed by atoms with Crippen molar-refractivity contribution in [2.24, 2.45) is 0 Å². The van der Waals surface area contributed by atoms with Gasteiger partial charge >= 0.3 is 11.9 Å². The summed E-state index contributed by atoms with van der Waals surface area (Å²) in [6.45, 7) is 0. The van der Waals surface area contributed by atoms with Crippen molar-refractivity contribution in [2.75, 3.05) is 0 Å². The molecule has 2 N–H and O–H groups in total. The number of benzene rings is 4. The van der Waals surface area contributed by atoms with Crippen LogP contribution in [0.1, 0.15) is 20.7 Å². The molecule has 0 aromatic heterocycles. The number of carboxylic acids is 2. The van der Waals surface area contributed by atoms with Crippen LogP contribution in [0.3, 0.4) is 0 Å². The molecule has 0 spiro atoms. The van der Waals surface area contributed by atoms with E-state index in [1.54, 1.807) is 24.3 Å². The van der Waals surface area contributed by atoms with Crippen LogP contribution in [0, 0.1) is 0 Å². The molecular weight excluding hydrogens is 441 g/mol. The first-order chi connectivity index (χ1) is 12.5. The summed E-state index contributed by atoms with van der Waals surface area (Å²) < 4.78 is 0. The number of hydrogen-bond acceptors (Lipinski definition) is 2. The van der Waals surface area contributed by atoms with Crippen LogP contribution in [-0.2, 0) is 27.3 Å². The molecule has 0 fully saturated rings.